The average molecular weight is 382 g/mol. The Kier molecular flexibility index (Phi) is 4.89. The van der Waals surface area contributed by atoms with Crippen molar-refractivity contribution in [3.05, 3.63) is 58.1 Å². The minimum Gasteiger partial charge on any atom is -0.393 e. The molecule has 24 heavy (non-hydrogen) atoms. The van der Waals surface area contributed by atoms with Gasteiger partial charge in [-0.2, -0.15) is 0 Å². The van der Waals surface area contributed by atoms with Gasteiger partial charge in [0.05, 0.1) is 5.69 Å². The summed E-state index contributed by atoms with van der Waals surface area (Å²) >= 11 is 18.0. The third-order valence-corrected chi connectivity index (χ3v) is 3.76. The predicted molar refractivity (Wildman–Crippen MR) is 98.7 cm³/mol. The lowest BCUT2D eigenvalue weighted by molar-refractivity contribution is 1.17. The molecular weight excluding hydrogens is 371 g/mol. The van der Waals surface area contributed by atoms with E-state index in [1.807, 2.05) is 0 Å². The van der Waals surface area contributed by atoms with Gasteiger partial charge in [0, 0.05) is 21.9 Å². The first kappa shape index (κ1) is 16.6. The van der Waals surface area contributed by atoms with E-state index in [2.05, 4.69) is 25.6 Å². The third-order valence-electron chi connectivity index (χ3n) is 3.02. The number of nitrogens with two attached hydrogens (primary N) is 1. The third kappa shape index (κ3) is 3.79. The summed E-state index contributed by atoms with van der Waals surface area (Å²) in [6.07, 6.45) is 2.96. The molecule has 0 spiro atoms. The molecule has 122 valence electrons. The molecule has 0 saturated heterocycles. The summed E-state index contributed by atoms with van der Waals surface area (Å²) in [6, 6.07) is 8.56. The summed E-state index contributed by atoms with van der Waals surface area (Å²) in [5.41, 5.74) is 7.68. The highest BCUT2D eigenvalue weighted by Gasteiger charge is 2.11. The maximum absolute atomic E-state index is 6.13. The van der Waals surface area contributed by atoms with Crippen molar-refractivity contribution in [2.75, 3.05) is 16.4 Å². The van der Waals surface area contributed by atoms with Crippen molar-refractivity contribution in [3.63, 3.8) is 0 Å². The Balaban J connectivity index is 1.89. The second-order valence-electron chi connectivity index (χ2n) is 4.73. The molecule has 1 aromatic carbocycles. The van der Waals surface area contributed by atoms with E-state index >= 15 is 0 Å². The predicted octanol–water partition coefficient (Wildman–Crippen LogP) is 4.90. The van der Waals surface area contributed by atoms with Gasteiger partial charge in [0.25, 0.3) is 0 Å². The van der Waals surface area contributed by atoms with Gasteiger partial charge in [-0.3, -0.25) is 0 Å². The van der Waals surface area contributed by atoms with Gasteiger partial charge in [0.2, 0.25) is 0 Å². The number of aromatic nitrogens is 3. The molecule has 0 aliphatic heterocycles. The van der Waals surface area contributed by atoms with Gasteiger partial charge in [-0.25, -0.2) is 15.0 Å². The van der Waals surface area contributed by atoms with Gasteiger partial charge in [0.15, 0.2) is 16.8 Å². The number of nitrogen functional groups attached to an aromatic ring is 1. The highest BCUT2D eigenvalue weighted by atomic mass is 35.5. The van der Waals surface area contributed by atoms with E-state index < -0.39 is 0 Å². The van der Waals surface area contributed by atoms with E-state index in [-0.39, 0.29) is 0 Å². The van der Waals surface area contributed by atoms with Crippen molar-refractivity contribution in [3.8, 4) is 0 Å². The van der Waals surface area contributed by atoms with Crippen molar-refractivity contribution in [1.29, 1.82) is 0 Å². The Morgan fingerprint density at radius 1 is 0.875 bits per heavy atom. The van der Waals surface area contributed by atoms with Crippen LogP contribution in [0.1, 0.15) is 0 Å². The lowest BCUT2D eigenvalue weighted by Gasteiger charge is -2.13. The number of rotatable bonds is 4. The first-order chi connectivity index (χ1) is 11.5. The van der Waals surface area contributed by atoms with Crippen LogP contribution in [0.5, 0.6) is 0 Å². The number of benzene rings is 1. The Hall–Kier alpha value is -2.28. The minimum absolute atomic E-state index is 0.312. The quantitative estimate of drug-likeness (QED) is 0.557. The summed E-state index contributed by atoms with van der Waals surface area (Å²) in [4.78, 5) is 12.3. The Bertz CT molecular complexity index is 867. The second-order valence-corrected chi connectivity index (χ2v) is 5.97. The molecule has 0 atom stereocenters. The first-order valence-corrected chi connectivity index (χ1v) is 7.87. The highest BCUT2D eigenvalue weighted by Crippen LogP contribution is 2.31. The Labute approximate surface area is 153 Å². The van der Waals surface area contributed by atoms with E-state index in [1.54, 1.807) is 36.5 Å². The fourth-order valence-electron chi connectivity index (χ4n) is 1.96. The zero-order chi connectivity index (χ0) is 17.1. The summed E-state index contributed by atoms with van der Waals surface area (Å²) in [5.74, 6) is 0.807. The average Bonchev–Trinajstić information content (AvgIpc) is 2.52. The van der Waals surface area contributed by atoms with E-state index in [9.17, 15) is 0 Å². The van der Waals surface area contributed by atoms with E-state index in [4.69, 9.17) is 40.5 Å². The smallest absolute Gasteiger partial charge is 0.159 e. The molecule has 0 aliphatic carbocycles. The monoisotopic (exact) mass is 380 g/mol. The Morgan fingerprint density at radius 2 is 1.54 bits per heavy atom. The molecule has 4 N–H and O–H groups in total. The molecule has 0 aliphatic rings. The first-order valence-electron chi connectivity index (χ1n) is 6.74. The maximum Gasteiger partial charge on any atom is 0.159 e. The molecule has 0 radical (unpaired) electrons. The number of nitrogens with one attached hydrogen (secondary N) is 2. The van der Waals surface area contributed by atoms with Crippen molar-refractivity contribution in [1.82, 2.24) is 15.0 Å². The fourth-order valence-corrected chi connectivity index (χ4v) is 2.66. The number of halogens is 3. The van der Waals surface area contributed by atoms with Crippen molar-refractivity contribution in [2.24, 2.45) is 0 Å². The number of anilines is 5. The highest BCUT2D eigenvalue weighted by molar-refractivity contribution is 6.35. The van der Waals surface area contributed by atoms with Crippen LogP contribution in [0.4, 0.5) is 28.7 Å². The zero-order valence-corrected chi connectivity index (χ0v) is 14.4. The molecular formula is C15H11Cl3N6. The normalized spacial score (nSPS) is 10.5. The lowest BCUT2D eigenvalue weighted by Crippen LogP contribution is -2.05. The van der Waals surface area contributed by atoms with Gasteiger partial charge in [-0.05, 0) is 30.3 Å². The van der Waals surface area contributed by atoms with E-state index in [1.165, 1.54) is 6.33 Å². The minimum atomic E-state index is 0.312. The van der Waals surface area contributed by atoms with Crippen LogP contribution in [0.2, 0.25) is 15.2 Å². The van der Waals surface area contributed by atoms with Crippen LogP contribution >= 0.6 is 34.8 Å². The van der Waals surface area contributed by atoms with Gasteiger partial charge in [-0.1, -0.05) is 34.8 Å². The molecule has 3 aromatic rings. The molecule has 0 fully saturated rings. The van der Waals surface area contributed by atoms with Crippen molar-refractivity contribution < 1.29 is 0 Å². The van der Waals surface area contributed by atoms with Crippen LogP contribution in [-0.4, -0.2) is 15.0 Å². The standard InChI is InChI=1S/C15H11Cl3N6/c16-8-4-9(17)6-10(5-8)23-14-12(19)15(22-7-21-14)24-11-2-1-3-20-13(11)18/h1-7H,19H2,(H2,21,22,23,24). The molecule has 2 aromatic heterocycles. The van der Waals surface area contributed by atoms with Gasteiger partial charge in [-0.15, -0.1) is 0 Å². The Morgan fingerprint density at radius 3 is 2.21 bits per heavy atom. The molecule has 0 bridgehead atoms. The molecule has 0 amide bonds. The largest absolute Gasteiger partial charge is 0.393 e. The SMILES string of the molecule is Nc1c(Nc2cc(Cl)cc(Cl)c2)ncnc1Nc1cccnc1Cl. The van der Waals surface area contributed by atoms with Gasteiger partial charge >= 0.3 is 0 Å². The molecule has 2 heterocycles. The van der Waals surface area contributed by atoms with Crippen LogP contribution in [0.15, 0.2) is 42.9 Å². The van der Waals surface area contributed by atoms with Crippen LogP contribution < -0.4 is 16.4 Å². The lowest BCUT2D eigenvalue weighted by atomic mass is 10.3. The number of hydrogen-bond acceptors (Lipinski definition) is 6. The number of pyridine rings is 1. The van der Waals surface area contributed by atoms with E-state index in [0.29, 0.717) is 43.9 Å². The van der Waals surface area contributed by atoms with E-state index in [0.717, 1.165) is 0 Å². The van der Waals surface area contributed by atoms with Crippen molar-refractivity contribution >= 4 is 63.5 Å². The van der Waals surface area contributed by atoms with Gasteiger partial charge < -0.3 is 16.4 Å². The summed E-state index contributed by atoms with van der Waals surface area (Å²) in [6.45, 7) is 0. The molecule has 3 rings (SSSR count). The van der Waals surface area contributed by atoms with Gasteiger partial charge in [0.1, 0.15) is 12.0 Å². The topological polar surface area (TPSA) is 88.8 Å². The fraction of sp³-hybridized carbons (Fsp3) is 0. The molecule has 6 nitrogen and oxygen atoms in total. The molecule has 9 heteroatoms. The molecule has 0 unspecified atom stereocenters. The van der Waals surface area contributed by atoms with Crippen LogP contribution in [0, 0.1) is 0 Å². The molecule has 0 saturated carbocycles. The number of hydrogen-bond donors (Lipinski definition) is 3. The maximum atomic E-state index is 6.13. The summed E-state index contributed by atoms with van der Waals surface area (Å²) in [7, 11) is 0. The van der Waals surface area contributed by atoms with Crippen LogP contribution in [0.25, 0.3) is 0 Å². The van der Waals surface area contributed by atoms with Crippen molar-refractivity contribution in [2.45, 2.75) is 0 Å². The summed E-state index contributed by atoms with van der Waals surface area (Å²) < 4.78 is 0. The zero-order valence-electron chi connectivity index (χ0n) is 12.1. The van der Waals surface area contributed by atoms with Crippen LogP contribution in [0.3, 0.4) is 0 Å². The second kappa shape index (κ2) is 7.09. The summed E-state index contributed by atoms with van der Waals surface area (Å²) in [5, 5.41) is 7.40. The number of nitrogens with zero attached hydrogens (tertiary/aromatic N) is 3. The van der Waals surface area contributed by atoms with Crippen LogP contribution in [-0.2, 0) is 0 Å².